The van der Waals surface area contributed by atoms with Gasteiger partial charge in [0.25, 0.3) is 0 Å². The molecule has 2 heterocycles. The molecule has 0 saturated carbocycles. The van der Waals surface area contributed by atoms with Crippen molar-refractivity contribution in [2.45, 2.75) is 19.4 Å². The van der Waals surface area contributed by atoms with Gasteiger partial charge >= 0.3 is 0 Å². The number of aromatic nitrogens is 2. The summed E-state index contributed by atoms with van der Waals surface area (Å²) in [4.78, 5) is 16.5. The molecule has 25 heavy (non-hydrogen) atoms. The van der Waals surface area contributed by atoms with Gasteiger partial charge in [-0.1, -0.05) is 17.7 Å². The zero-order chi connectivity index (χ0) is 18.0. The Morgan fingerprint density at radius 2 is 2.24 bits per heavy atom. The van der Waals surface area contributed by atoms with Crippen LogP contribution >= 0.6 is 11.6 Å². The molecule has 7 heteroatoms. The lowest BCUT2D eigenvalue weighted by Crippen LogP contribution is -2.33. The average Bonchev–Trinajstić information content (AvgIpc) is 2.96. The Morgan fingerprint density at radius 1 is 1.44 bits per heavy atom. The Kier molecular flexibility index (Phi) is 5.01. The molecule has 0 spiro atoms. The molecule has 0 bridgehead atoms. The number of nitrogens with zero attached hydrogens (tertiary/aromatic N) is 2. The fourth-order valence-electron chi connectivity index (χ4n) is 2.69. The number of halogens is 2. The number of fused-ring (bicyclic) bond motifs is 1. The van der Waals surface area contributed by atoms with Crippen LogP contribution in [0, 0.1) is 12.7 Å². The number of aryl methyl sites for hydroxylation is 1. The van der Waals surface area contributed by atoms with Crippen molar-refractivity contribution >= 4 is 23.2 Å². The Labute approximate surface area is 149 Å². The first-order chi connectivity index (χ1) is 11.9. The predicted molar refractivity (Wildman–Crippen MR) is 95.0 cm³/mol. The monoisotopic (exact) mass is 360 g/mol. The standard InChI is InChI=1S/C18H18ClFN4O/c1-11-3-2-4-24-15(9-23-18(11)24)8-17(25)22-10-16(21)12-5-13(19)7-14(20)6-12/h2-7,9,16H,8,10,21H2,1H3,(H,22,25). The number of imidazole rings is 1. The van der Waals surface area contributed by atoms with Gasteiger partial charge in [0, 0.05) is 30.0 Å². The summed E-state index contributed by atoms with van der Waals surface area (Å²) in [5.41, 5.74) is 9.21. The topological polar surface area (TPSA) is 72.4 Å². The highest BCUT2D eigenvalue weighted by Gasteiger charge is 2.13. The zero-order valence-corrected chi connectivity index (χ0v) is 14.4. The van der Waals surface area contributed by atoms with Crippen LogP contribution in [-0.2, 0) is 11.2 Å². The van der Waals surface area contributed by atoms with E-state index in [9.17, 15) is 9.18 Å². The lowest BCUT2D eigenvalue weighted by Gasteiger charge is -2.14. The first-order valence-corrected chi connectivity index (χ1v) is 8.21. The second-order valence-electron chi connectivity index (χ2n) is 5.92. The fraction of sp³-hybridized carbons (Fsp3) is 0.222. The number of amides is 1. The molecule has 3 aromatic rings. The smallest absolute Gasteiger partial charge is 0.226 e. The summed E-state index contributed by atoms with van der Waals surface area (Å²) >= 11 is 5.83. The van der Waals surface area contributed by atoms with E-state index in [-0.39, 0.29) is 23.9 Å². The molecule has 1 amide bonds. The van der Waals surface area contributed by atoms with E-state index in [1.165, 1.54) is 12.1 Å². The third kappa shape index (κ3) is 3.97. The molecule has 0 aliphatic heterocycles. The van der Waals surface area contributed by atoms with E-state index in [0.717, 1.165) is 16.9 Å². The first-order valence-electron chi connectivity index (χ1n) is 7.84. The quantitative estimate of drug-likeness (QED) is 0.735. The van der Waals surface area contributed by atoms with Gasteiger partial charge in [0.15, 0.2) is 0 Å². The van der Waals surface area contributed by atoms with Crippen molar-refractivity contribution in [3.05, 3.63) is 70.4 Å². The van der Waals surface area contributed by atoms with Crippen LogP contribution in [0.25, 0.3) is 5.65 Å². The van der Waals surface area contributed by atoms with Crippen molar-refractivity contribution in [2.24, 2.45) is 5.73 Å². The third-order valence-corrected chi connectivity index (χ3v) is 4.20. The van der Waals surface area contributed by atoms with Crippen LogP contribution in [-0.4, -0.2) is 21.8 Å². The van der Waals surface area contributed by atoms with E-state index >= 15 is 0 Å². The summed E-state index contributed by atoms with van der Waals surface area (Å²) in [5, 5.41) is 3.04. The van der Waals surface area contributed by atoms with Gasteiger partial charge < -0.3 is 15.5 Å². The zero-order valence-electron chi connectivity index (χ0n) is 13.7. The Hall–Kier alpha value is -2.44. The lowest BCUT2D eigenvalue weighted by atomic mass is 10.1. The van der Waals surface area contributed by atoms with E-state index in [1.807, 2.05) is 29.7 Å². The van der Waals surface area contributed by atoms with Crippen molar-refractivity contribution in [1.82, 2.24) is 14.7 Å². The van der Waals surface area contributed by atoms with Gasteiger partial charge in [-0.05, 0) is 42.3 Å². The Morgan fingerprint density at radius 3 is 3.00 bits per heavy atom. The molecule has 0 fully saturated rings. The van der Waals surface area contributed by atoms with Gasteiger partial charge in [0.1, 0.15) is 11.5 Å². The largest absolute Gasteiger partial charge is 0.354 e. The molecular weight excluding hydrogens is 343 g/mol. The third-order valence-electron chi connectivity index (χ3n) is 3.98. The van der Waals surface area contributed by atoms with Gasteiger partial charge in [-0.2, -0.15) is 0 Å². The molecular formula is C18H18ClFN4O. The van der Waals surface area contributed by atoms with Gasteiger partial charge in [0.05, 0.1) is 12.1 Å². The average molecular weight is 361 g/mol. The Bertz CT molecular complexity index is 904. The van der Waals surface area contributed by atoms with Crippen LogP contribution < -0.4 is 11.1 Å². The minimum Gasteiger partial charge on any atom is -0.354 e. The molecule has 0 radical (unpaired) electrons. The summed E-state index contributed by atoms with van der Waals surface area (Å²) < 4.78 is 15.3. The van der Waals surface area contributed by atoms with E-state index in [4.69, 9.17) is 17.3 Å². The molecule has 5 nitrogen and oxygen atoms in total. The summed E-state index contributed by atoms with van der Waals surface area (Å²) in [6.45, 7) is 2.16. The number of hydrogen-bond acceptors (Lipinski definition) is 3. The maximum Gasteiger partial charge on any atom is 0.226 e. The summed E-state index contributed by atoms with van der Waals surface area (Å²) in [6, 6.07) is 7.46. The first kappa shape index (κ1) is 17.4. The second-order valence-corrected chi connectivity index (χ2v) is 6.36. The van der Waals surface area contributed by atoms with Crippen LogP contribution in [0.3, 0.4) is 0 Å². The number of nitrogens with one attached hydrogen (secondary N) is 1. The SMILES string of the molecule is Cc1cccn2c(CC(=O)NCC(N)c3cc(F)cc(Cl)c3)cnc12. The molecule has 1 atom stereocenters. The van der Waals surface area contributed by atoms with Gasteiger partial charge in [-0.25, -0.2) is 9.37 Å². The van der Waals surface area contributed by atoms with Gasteiger partial charge in [-0.3, -0.25) is 4.79 Å². The van der Waals surface area contributed by atoms with Crippen molar-refractivity contribution in [3.8, 4) is 0 Å². The number of hydrogen-bond donors (Lipinski definition) is 2. The molecule has 130 valence electrons. The van der Waals surface area contributed by atoms with Crippen LogP contribution in [0.4, 0.5) is 4.39 Å². The minimum absolute atomic E-state index is 0.179. The summed E-state index contributed by atoms with van der Waals surface area (Å²) in [5.74, 6) is -0.633. The molecule has 1 aromatic carbocycles. The lowest BCUT2D eigenvalue weighted by molar-refractivity contribution is -0.120. The molecule has 0 aliphatic rings. The van der Waals surface area contributed by atoms with Crippen molar-refractivity contribution in [2.75, 3.05) is 6.54 Å². The minimum atomic E-state index is -0.540. The number of pyridine rings is 1. The summed E-state index contributed by atoms with van der Waals surface area (Å²) in [6.07, 6.45) is 3.74. The number of benzene rings is 1. The van der Waals surface area contributed by atoms with Gasteiger partial charge in [-0.15, -0.1) is 0 Å². The highest BCUT2D eigenvalue weighted by atomic mass is 35.5. The van der Waals surface area contributed by atoms with Crippen molar-refractivity contribution < 1.29 is 9.18 Å². The van der Waals surface area contributed by atoms with Gasteiger partial charge in [0.2, 0.25) is 5.91 Å². The second kappa shape index (κ2) is 7.21. The van der Waals surface area contributed by atoms with Crippen LogP contribution in [0.1, 0.15) is 22.9 Å². The number of nitrogens with two attached hydrogens (primary N) is 1. The maximum atomic E-state index is 13.4. The van der Waals surface area contributed by atoms with Crippen LogP contribution in [0.15, 0.2) is 42.7 Å². The Balaban J connectivity index is 1.63. The van der Waals surface area contributed by atoms with Crippen molar-refractivity contribution in [1.29, 1.82) is 0 Å². The molecule has 3 N–H and O–H groups in total. The number of rotatable bonds is 5. The molecule has 0 aliphatic carbocycles. The maximum absolute atomic E-state index is 13.4. The normalized spacial score (nSPS) is 12.3. The molecule has 3 rings (SSSR count). The number of carbonyl (C=O) groups is 1. The van der Waals surface area contributed by atoms with E-state index in [2.05, 4.69) is 10.3 Å². The fourth-order valence-corrected chi connectivity index (χ4v) is 2.92. The number of carbonyl (C=O) groups excluding carboxylic acids is 1. The van der Waals surface area contributed by atoms with Crippen LogP contribution in [0.2, 0.25) is 5.02 Å². The summed E-state index contributed by atoms with van der Waals surface area (Å²) in [7, 11) is 0. The highest BCUT2D eigenvalue weighted by molar-refractivity contribution is 6.30. The molecule has 1 unspecified atom stereocenters. The van der Waals surface area contributed by atoms with E-state index < -0.39 is 11.9 Å². The molecule has 2 aromatic heterocycles. The highest BCUT2D eigenvalue weighted by Crippen LogP contribution is 2.18. The molecule has 0 saturated heterocycles. The van der Waals surface area contributed by atoms with Crippen molar-refractivity contribution in [3.63, 3.8) is 0 Å². The predicted octanol–water partition coefficient (Wildman–Crippen LogP) is 2.79. The van der Waals surface area contributed by atoms with Crippen LogP contribution in [0.5, 0.6) is 0 Å². The van der Waals surface area contributed by atoms with E-state index in [1.54, 1.807) is 12.3 Å². The van der Waals surface area contributed by atoms with E-state index in [0.29, 0.717) is 5.56 Å².